The van der Waals surface area contributed by atoms with E-state index >= 15 is 0 Å². The van der Waals surface area contributed by atoms with Crippen LogP contribution in [0.4, 0.5) is 14.5 Å². The lowest BCUT2D eigenvalue weighted by Gasteiger charge is -2.30. The zero-order chi connectivity index (χ0) is 23.0. The Morgan fingerprint density at radius 2 is 1.77 bits per heavy atom. The van der Waals surface area contributed by atoms with Crippen molar-refractivity contribution in [2.24, 2.45) is 0 Å². The first kappa shape index (κ1) is 24.5. The van der Waals surface area contributed by atoms with Gasteiger partial charge in [0.2, 0.25) is 5.91 Å². The van der Waals surface area contributed by atoms with Crippen LogP contribution in [0.15, 0.2) is 42.5 Å². The molecule has 0 aromatic heterocycles. The summed E-state index contributed by atoms with van der Waals surface area (Å²) in [5.41, 5.74) is 2.09. The van der Waals surface area contributed by atoms with Crippen molar-refractivity contribution >= 4 is 17.7 Å². The highest BCUT2D eigenvalue weighted by Gasteiger charge is 2.13. The van der Waals surface area contributed by atoms with Crippen molar-refractivity contribution in [2.75, 3.05) is 19.0 Å². The predicted octanol–water partition coefficient (Wildman–Crippen LogP) is 5.68. The molecule has 168 valence electrons. The second-order valence-corrected chi connectivity index (χ2v) is 8.05. The smallest absolute Gasteiger partial charge is 0.248 e. The summed E-state index contributed by atoms with van der Waals surface area (Å²) in [6, 6.07) is 9.97. The third kappa shape index (κ3) is 7.47. The number of carbonyl (C=O) groups excluding carboxylic acids is 1. The SMILES string of the molecule is COc1ccc(NC(=O)C=Cc2ccc(F)c(F)c2)cc1CCCN(C(C)C)C(C)C. The van der Waals surface area contributed by atoms with Crippen molar-refractivity contribution in [2.45, 2.75) is 52.6 Å². The zero-order valence-corrected chi connectivity index (χ0v) is 18.9. The highest BCUT2D eigenvalue weighted by Crippen LogP contribution is 2.24. The summed E-state index contributed by atoms with van der Waals surface area (Å²) in [4.78, 5) is 14.7. The molecule has 0 heterocycles. The van der Waals surface area contributed by atoms with Gasteiger partial charge in [-0.25, -0.2) is 8.78 Å². The summed E-state index contributed by atoms with van der Waals surface area (Å²) >= 11 is 0. The number of benzene rings is 2. The average molecular weight is 431 g/mol. The van der Waals surface area contributed by atoms with Crippen molar-refractivity contribution in [3.63, 3.8) is 0 Å². The summed E-state index contributed by atoms with van der Waals surface area (Å²) in [6.07, 6.45) is 4.53. The fourth-order valence-corrected chi connectivity index (χ4v) is 3.59. The van der Waals surface area contributed by atoms with Crippen molar-refractivity contribution < 1.29 is 18.3 Å². The number of hydrogen-bond acceptors (Lipinski definition) is 3. The Balaban J connectivity index is 2.02. The fourth-order valence-electron chi connectivity index (χ4n) is 3.59. The van der Waals surface area contributed by atoms with Gasteiger partial charge >= 0.3 is 0 Å². The molecule has 0 spiro atoms. The first-order valence-electron chi connectivity index (χ1n) is 10.6. The second kappa shape index (κ2) is 11.6. The first-order chi connectivity index (χ1) is 14.7. The number of methoxy groups -OCH3 is 1. The van der Waals surface area contributed by atoms with E-state index in [0.29, 0.717) is 23.3 Å². The Bertz CT molecular complexity index is 902. The average Bonchev–Trinajstić information content (AvgIpc) is 2.71. The van der Waals surface area contributed by atoms with Gasteiger partial charge in [-0.3, -0.25) is 9.69 Å². The minimum atomic E-state index is -0.948. The molecule has 2 rings (SSSR count). The molecule has 0 aliphatic heterocycles. The quantitative estimate of drug-likeness (QED) is 0.493. The minimum absolute atomic E-state index is 0.355. The van der Waals surface area contributed by atoms with Gasteiger partial charge in [-0.05, 0) is 94.6 Å². The highest BCUT2D eigenvalue weighted by atomic mass is 19.2. The lowest BCUT2D eigenvalue weighted by molar-refractivity contribution is -0.111. The molecule has 0 fully saturated rings. The molecule has 31 heavy (non-hydrogen) atoms. The number of aryl methyl sites for hydroxylation is 1. The summed E-state index contributed by atoms with van der Waals surface area (Å²) in [5.74, 6) is -1.43. The summed E-state index contributed by atoms with van der Waals surface area (Å²) in [7, 11) is 1.64. The van der Waals surface area contributed by atoms with Crippen LogP contribution < -0.4 is 10.1 Å². The van der Waals surface area contributed by atoms with E-state index in [-0.39, 0.29) is 5.91 Å². The van der Waals surface area contributed by atoms with Crippen LogP contribution in [0.2, 0.25) is 0 Å². The molecule has 6 heteroatoms. The molecule has 0 atom stereocenters. The molecule has 4 nitrogen and oxygen atoms in total. The lowest BCUT2D eigenvalue weighted by atomic mass is 10.1. The maximum Gasteiger partial charge on any atom is 0.248 e. The standard InChI is InChI=1S/C25H32F2N2O2/c1-17(2)29(18(3)4)14-6-7-20-16-21(10-12-24(20)31-5)28-25(30)13-9-19-8-11-22(26)23(27)15-19/h8-13,15-18H,6-7,14H2,1-5H3,(H,28,30). The number of anilines is 1. The van der Waals surface area contributed by atoms with E-state index in [0.717, 1.165) is 42.8 Å². The summed E-state index contributed by atoms with van der Waals surface area (Å²) in [6.45, 7) is 9.77. The van der Waals surface area contributed by atoms with E-state index < -0.39 is 11.6 Å². The largest absolute Gasteiger partial charge is 0.496 e. The molecule has 0 radical (unpaired) electrons. The Morgan fingerprint density at radius 3 is 2.39 bits per heavy atom. The molecule has 0 saturated carbocycles. The highest BCUT2D eigenvalue weighted by molar-refractivity contribution is 6.02. The number of halogens is 2. The second-order valence-electron chi connectivity index (χ2n) is 8.05. The topological polar surface area (TPSA) is 41.6 Å². The minimum Gasteiger partial charge on any atom is -0.496 e. The van der Waals surface area contributed by atoms with Gasteiger partial charge < -0.3 is 10.1 Å². The molecule has 2 aromatic carbocycles. The van der Waals surface area contributed by atoms with Gasteiger partial charge in [0, 0.05) is 23.8 Å². The molecule has 1 amide bonds. The van der Waals surface area contributed by atoms with Crippen LogP contribution in [0.25, 0.3) is 6.08 Å². The van der Waals surface area contributed by atoms with Crippen molar-refractivity contribution in [1.82, 2.24) is 4.90 Å². The third-order valence-corrected chi connectivity index (χ3v) is 5.11. The van der Waals surface area contributed by atoms with E-state index in [9.17, 15) is 13.6 Å². The number of ether oxygens (including phenoxy) is 1. The van der Waals surface area contributed by atoms with Crippen LogP contribution in [0, 0.1) is 11.6 Å². The number of nitrogens with one attached hydrogen (secondary N) is 1. The maximum atomic E-state index is 13.3. The van der Waals surface area contributed by atoms with E-state index in [4.69, 9.17) is 4.74 Å². The van der Waals surface area contributed by atoms with E-state index in [1.165, 1.54) is 18.2 Å². The van der Waals surface area contributed by atoms with Gasteiger partial charge in [-0.1, -0.05) is 6.07 Å². The van der Waals surface area contributed by atoms with Gasteiger partial charge in [0.1, 0.15) is 5.75 Å². The molecule has 0 unspecified atom stereocenters. The molecule has 0 bridgehead atoms. The first-order valence-corrected chi connectivity index (χ1v) is 10.6. The van der Waals surface area contributed by atoms with Gasteiger partial charge in [0.05, 0.1) is 7.11 Å². The van der Waals surface area contributed by atoms with E-state index in [1.807, 2.05) is 12.1 Å². The number of hydrogen-bond donors (Lipinski definition) is 1. The van der Waals surface area contributed by atoms with Crippen molar-refractivity contribution in [3.05, 3.63) is 65.2 Å². The van der Waals surface area contributed by atoms with Crippen LogP contribution in [0.1, 0.15) is 45.2 Å². The Morgan fingerprint density at radius 1 is 1.06 bits per heavy atom. The van der Waals surface area contributed by atoms with Crippen LogP contribution in [-0.2, 0) is 11.2 Å². The maximum absolute atomic E-state index is 13.3. The molecule has 2 aromatic rings. The van der Waals surface area contributed by atoms with E-state index in [1.54, 1.807) is 13.2 Å². The van der Waals surface area contributed by atoms with Crippen molar-refractivity contribution in [3.8, 4) is 5.75 Å². The van der Waals surface area contributed by atoms with Gasteiger partial charge in [-0.15, -0.1) is 0 Å². The Kier molecular flexibility index (Phi) is 9.19. The lowest BCUT2D eigenvalue weighted by Crippen LogP contribution is -2.37. The summed E-state index contributed by atoms with van der Waals surface area (Å²) < 4.78 is 31.8. The van der Waals surface area contributed by atoms with Crippen LogP contribution in [0.3, 0.4) is 0 Å². The molecule has 0 saturated heterocycles. The molecule has 0 aliphatic carbocycles. The number of amides is 1. The Hall–Kier alpha value is -2.73. The monoisotopic (exact) mass is 430 g/mol. The third-order valence-electron chi connectivity index (χ3n) is 5.11. The number of carbonyl (C=O) groups is 1. The molecular formula is C25H32F2N2O2. The van der Waals surface area contributed by atoms with Crippen LogP contribution in [-0.4, -0.2) is 36.5 Å². The summed E-state index contributed by atoms with van der Waals surface area (Å²) in [5, 5.41) is 2.81. The predicted molar refractivity (Wildman–Crippen MR) is 122 cm³/mol. The van der Waals surface area contributed by atoms with Crippen molar-refractivity contribution in [1.29, 1.82) is 0 Å². The normalized spacial score (nSPS) is 11.7. The van der Waals surface area contributed by atoms with E-state index in [2.05, 4.69) is 37.9 Å². The molecular weight excluding hydrogens is 398 g/mol. The molecule has 1 N–H and O–H groups in total. The van der Waals surface area contributed by atoms with Gasteiger partial charge in [0.25, 0.3) is 0 Å². The molecule has 0 aliphatic rings. The Labute approximate surface area is 183 Å². The van der Waals surface area contributed by atoms with Crippen LogP contribution in [0.5, 0.6) is 5.75 Å². The zero-order valence-electron chi connectivity index (χ0n) is 18.9. The fraction of sp³-hybridized carbons (Fsp3) is 0.400. The van der Waals surface area contributed by atoms with Gasteiger partial charge in [-0.2, -0.15) is 0 Å². The van der Waals surface area contributed by atoms with Crippen LogP contribution >= 0.6 is 0 Å². The number of nitrogens with zero attached hydrogens (tertiary/aromatic N) is 1. The number of rotatable bonds is 10. The van der Waals surface area contributed by atoms with Gasteiger partial charge in [0.15, 0.2) is 11.6 Å².